The van der Waals surface area contributed by atoms with Crippen molar-refractivity contribution in [2.75, 3.05) is 23.9 Å². The molecule has 1 atom stereocenters. The van der Waals surface area contributed by atoms with E-state index in [9.17, 15) is 9.59 Å². The van der Waals surface area contributed by atoms with Crippen molar-refractivity contribution in [2.24, 2.45) is 5.92 Å². The number of benzene rings is 2. The Morgan fingerprint density at radius 1 is 1.04 bits per heavy atom. The van der Waals surface area contributed by atoms with Crippen LogP contribution in [0.1, 0.15) is 6.42 Å². The molecular formula is C22H21N3O3. The minimum atomic E-state index is -0.395. The highest BCUT2D eigenvalue weighted by atomic mass is 16.5. The topological polar surface area (TPSA) is 63.6 Å². The molecule has 0 unspecified atom stereocenters. The second kappa shape index (κ2) is 7.60. The van der Waals surface area contributed by atoms with Crippen molar-refractivity contribution >= 4 is 23.2 Å². The van der Waals surface area contributed by atoms with Crippen LogP contribution in [-0.2, 0) is 9.59 Å². The molecule has 3 aromatic rings. The average Bonchev–Trinajstić information content (AvgIpc) is 3.38. The van der Waals surface area contributed by atoms with Gasteiger partial charge >= 0.3 is 0 Å². The zero-order valence-electron chi connectivity index (χ0n) is 15.5. The van der Waals surface area contributed by atoms with Crippen LogP contribution in [0, 0.1) is 5.92 Å². The van der Waals surface area contributed by atoms with Crippen molar-refractivity contribution in [1.82, 2.24) is 4.57 Å². The Morgan fingerprint density at radius 3 is 2.57 bits per heavy atom. The third-order valence-electron chi connectivity index (χ3n) is 4.88. The Hall–Kier alpha value is -3.54. The number of hydrogen-bond acceptors (Lipinski definition) is 3. The molecule has 1 N–H and O–H groups in total. The van der Waals surface area contributed by atoms with Crippen LogP contribution >= 0.6 is 0 Å². The van der Waals surface area contributed by atoms with E-state index in [1.54, 1.807) is 18.1 Å². The minimum Gasteiger partial charge on any atom is -0.497 e. The SMILES string of the molecule is COc1cccc(N2C[C@@H](C(=O)Nc3cccc(-n4cccc4)c3)CC2=O)c1. The number of rotatable bonds is 5. The van der Waals surface area contributed by atoms with Gasteiger partial charge in [-0.3, -0.25) is 9.59 Å². The lowest BCUT2D eigenvalue weighted by Crippen LogP contribution is -2.28. The predicted molar refractivity (Wildman–Crippen MR) is 108 cm³/mol. The van der Waals surface area contributed by atoms with Crippen LogP contribution in [0.4, 0.5) is 11.4 Å². The number of nitrogens with one attached hydrogen (secondary N) is 1. The zero-order valence-corrected chi connectivity index (χ0v) is 15.5. The van der Waals surface area contributed by atoms with Gasteiger partial charge in [-0.05, 0) is 42.5 Å². The van der Waals surface area contributed by atoms with Crippen molar-refractivity contribution in [3.8, 4) is 11.4 Å². The number of nitrogens with zero attached hydrogens (tertiary/aromatic N) is 2. The number of ether oxygens (including phenoxy) is 1. The van der Waals surface area contributed by atoms with Gasteiger partial charge in [0.1, 0.15) is 5.75 Å². The molecule has 1 aliphatic rings. The van der Waals surface area contributed by atoms with Gasteiger partial charge in [0.25, 0.3) is 0 Å². The van der Waals surface area contributed by atoms with Crippen LogP contribution in [0.2, 0.25) is 0 Å². The number of hydrogen-bond donors (Lipinski definition) is 1. The third-order valence-corrected chi connectivity index (χ3v) is 4.88. The van der Waals surface area contributed by atoms with Crippen molar-refractivity contribution in [1.29, 1.82) is 0 Å². The number of anilines is 2. The maximum Gasteiger partial charge on any atom is 0.229 e. The van der Waals surface area contributed by atoms with E-state index in [1.165, 1.54) is 0 Å². The summed E-state index contributed by atoms with van der Waals surface area (Å²) in [4.78, 5) is 26.8. The fourth-order valence-electron chi connectivity index (χ4n) is 3.41. The van der Waals surface area contributed by atoms with Crippen LogP contribution in [0.15, 0.2) is 73.1 Å². The first-order valence-corrected chi connectivity index (χ1v) is 9.13. The Bertz CT molecular complexity index is 998. The summed E-state index contributed by atoms with van der Waals surface area (Å²) >= 11 is 0. The smallest absolute Gasteiger partial charge is 0.229 e. The predicted octanol–water partition coefficient (Wildman–Crippen LogP) is 3.48. The van der Waals surface area contributed by atoms with Gasteiger partial charge in [-0.2, -0.15) is 0 Å². The largest absolute Gasteiger partial charge is 0.497 e. The normalized spacial score (nSPS) is 16.2. The quantitative estimate of drug-likeness (QED) is 0.743. The van der Waals surface area contributed by atoms with Gasteiger partial charge in [-0.1, -0.05) is 12.1 Å². The van der Waals surface area contributed by atoms with Gasteiger partial charge in [-0.15, -0.1) is 0 Å². The van der Waals surface area contributed by atoms with Gasteiger partial charge in [0.05, 0.1) is 13.0 Å². The number of aromatic nitrogens is 1. The summed E-state index contributed by atoms with van der Waals surface area (Å²) in [6.07, 6.45) is 4.09. The molecule has 6 nitrogen and oxygen atoms in total. The van der Waals surface area contributed by atoms with Crippen LogP contribution in [0.5, 0.6) is 5.75 Å². The molecule has 6 heteroatoms. The molecule has 0 radical (unpaired) electrons. The van der Waals surface area contributed by atoms with Gasteiger partial charge in [-0.25, -0.2) is 0 Å². The van der Waals surface area contributed by atoms with Gasteiger partial charge < -0.3 is 19.5 Å². The fourth-order valence-corrected chi connectivity index (χ4v) is 3.41. The molecule has 1 saturated heterocycles. The Labute approximate surface area is 163 Å². The lowest BCUT2D eigenvalue weighted by Gasteiger charge is -2.17. The lowest BCUT2D eigenvalue weighted by atomic mass is 10.1. The van der Waals surface area contributed by atoms with Gasteiger partial charge in [0.2, 0.25) is 11.8 Å². The monoisotopic (exact) mass is 375 g/mol. The lowest BCUT2D eigenvalue weighted by molar-refractivity contribution is -0.122. The summed E-state index contributed by atoms with van der Waals surface area (Å²) in [6.45, 7) is 0.356. The van der Waals surface area contributed by atoms with E-state index in [0.29, 0.717) is 18.0 Å². The Kier molecular flexibility index (Phi) is 4.85. The summed E-state index contributed by atoms with van der Waals surface area (Å²) in [6, 6.07) is 18.8. The van der Waals surface area contributed by atoms with E-state index < -0.39 is 5.92 Å². The molecule has 1 aliphatic heterocycles. The first kappa shape index (κ1) is 17.9. The third kappa shape index (κ3) is 3.62. The van der Waals surface area contributed by atoms with E-state index >= 15 is 0 Å². The molecule has 0 bridgehead atoms. The van der Waals surface area contributed by atoms with Crippen LogP contribution in [-0.4, -0.2) is 30.0 Å². The van der Waals surface area contributed by atoms with Crippen molar-refractivity contribution < 1.29 is 14.3 Å². The zero-order chi connectivity index (χ0) is 19.5. The standard InChI is InChI=1S/C22H21N3O3/c1-28-20-9-5-8-19(14-20)25-15-16(12-21(25)26)22(27)23-17-6-4-7-18(13-17)24-10-2-3-11-24/h2-11,13-14,16H,12,15H2,1H3,(H,23,27)/t16-/m0/s1. The Morgan fingerprint density at radius 2 is 1.79 bits per heavy atom. The molecule has 0 spiro atoms. The molecule has 2 heterocycles. The van der Waals surface area contributed by atoms with Crippen molar-refractivity contribution in [2.45, 2.75) is 6.42 Å². The number of amides is 2. The average molecular weight is 375 g/mol. The Balaban J connectivity index is 1.46. The van der Waals surface area contributed by atoms with E-state index in [-0.39, 0.29) is 18.2 Å². The van der Waals surface area contributed by atoms with Crippen molar-refractivity contribution in [3.05, 3.63) is 73.1 Å². The number of carbonyl (C=O) groups is 2. The van der Waals surface area contributed by atoms with Crippen LogP contribution in [0.3, 0.4) is 0 Å². The van der Waals surface area contributed by atoms with Crippen LogP contribution in [0.25, 0.3) is 5.69 Å². The summed E-state index contributed by atoms with van der Waals surface area (Å²) in [7, 11) is 1.59. The summed E-state index contributed by atoms with van der Waals surface area (Å²) < 4.78 is 7.20. The molecule has 142 valence electrons. The molecule has 2 aromatic carbocycles. The van der Waals surface area contributed by atoms with E-state index in [2.05, 4.69) is 5.32 Å². The minimum absolute atomic E-state index is 0.0607. The molecule has 4 rings (SSSR count). The van der Waals surface area contributed by atoms with Gasteiger partial charge in [0, 0.05) is 48.5 Å². The van der Waals surface area contributed by atoms with E-state index in [4.69, 9.17) is 4.74 Å². The maximum atomic E-state index is 12.7. The molecular weight excluding hydrogens is 354 g/mol. The number of carbonyl (C=O) groups excluding carboxylic acids is 2. The molecule has 1 aromatic heterocycles. The highest BCUT2D eigenvalue weighted by molar-refractivity contribution is 6.03. The first-order chi connectivity index (χ1) is 13.6. The maximum absolute atomic E-state index is 12.7. The second-order valence-electron chi connectivity index (χ2n) is 6.74. The molecule has 0 aliphatic carbocycles. The molecule has 0 saturated carbocycles. The second-order valence-corrected chi connectivity index (χ2v) is 6.74. The molecule has 1 fully saturated rings. The highest BCUT2D eigenvalue weighted by Gasteiger charge is 2.35. The fraction of sp³-hybridized carbons (Fsp3) is 0.182. The van der Waals surface area contributed by atoms with E-state index in [1.807, 2.05) is 71.6 Å². The summed E-state index contributed by atoms with van der Waals surface area (Å²) in [5.41, 5.74) is 2.42. The number of methoxy groups -OCH3 is 1. The highest BCUT2D eigenvalue weighted by Crippen LogP contribution is 2.28. The van der Waals surface area contributed by atoms with Crippen LogP contribution < -0.4 is 15.0 Å². The molecule has 2 amide bonds. The van der Waals surface area contributed by atoms with Gasteiger partial charge in [0.15, 0.2) is 0 Å². The summed E-state index contributed by atoms with van der Waals surface area (Å²) in [5, 5.41) is 2.95. The van der Waals surface area contributed by atoms with E-state index in [0.717, 1.165) is 11.4 Å². The first-order valence-electron chi connectivity index (χ1n) is 9.13. The van der Waals surface area contributed by atoms with Crippen molar-refractivity contribution in [3.63, 3.8) is 0 Å². The summed E-state index contributed by atoms with van der Waals surface area (Å²) in [5.74, 6) is 0.0758. The molecule has 28 heavy (non-hydrogen) atoms.